The molecule has 2 N–H and O–H groups in total. The van der Waals surface area contributed by atoms with Crippen LogP contribution in [-0.2, 0) is 17.8 Å². The van der Waals surface area contributed by atoms with Crippen molar-refractivity contribution in [2.45, 2.75) is 31.8 Å². The maximum Gasteiger partial charge on any atom is 0.258 e. The van der Waals surface area contributed by atoms with E-state index in [9.17, 15) is 4.79 Å². The largest absolute Gasteiger partial charge is 0.484 e. The predicted molar refractivity (Wildman–Crippen MR) is 121 cm³/mol. The van der Waals surface area contributed by atoms with Gasteiger partial charge < -0.3 is 20.3 Å². The molecule has 2 aromatic rings. The minimum absolute atomic E-state index is 0.0564. The average molecular weight is 429 g/mol. The van der Waals surface area contributed by atoms with Gasteiger partial charge in [-0.1, -0.05) is 35.9 Å². The zero-order valence-electron chi connectivity index (χ0n) is 17.5. The number of amides is 1. The minimum atomic E-state index is -0.0564. The van der Waals surface area contributed by atoms with Gasteiger partial charge in [0.15, 0.2) is 12.6 Å². The second kappa shape index (κ2) is 10.9. The Labute approximate surface area is 183 Å². The smallest absolute Gasteiger partial charge is 0.258 e. The predicted octanol–water partition coefficient (Wildman–Crippen LogP) is 3.25. The molecule has 0 saturated heterocycles. The molecule has 1 amide bonds. The minimum Gasteiger partial charge on any atom is -0.484 e. The molecule has 0 aliphatic heterocycles. The molecule has 1 aliphatic carbocycles. The molecular weight excluding hydrogens is 400 g/mol. The van der Waals surface area contributed by atoms with Gasteiger partial charge in [0.25, 0.3) is 5.91 Å². The van der Waals surface area contributed by atoms with Gasteiger partial charge in [-0.25, -0.2) is 0 Å². The highest BCUT2D eigenvalue weighted by molar-refractivity contribution is 6.30. The van der Waals surface area contributed by atoms with Crippen LogP contribution in [0.1, 0.15) is 24.0 Å². The van der Waals surface area contributed by atoms with E-state index in [4.69, 9.17) is 16.3 Å². The molecule has 7 heteroatoms. The van der Waals surface area contributed by atoms with E-state index < -0.39 is 0 Å². The zero-order chi connectivity index (χ0) is 21.3. The van der Waals surface area contributed by atoms with E-state index in [1.54, 1.807) is 7.05 Å². The van der Waals surface area contributed by atoms with E-state index >= 15 is 0 Å². The van der Waals surface area contributed by atoms with Gasteiger partial charge in [-0.05, 0) is 54.7 Å². The molecular formula is C23H29ClN4O2. The first-order chi connectivity index (χ1) is 14.5. The summed E-state index contributed by atoms with van der Waals surface area (Å²) in [5.41, 5.74) is 2.32. The second-order valence-corrected chi connectivity index (χ2v) is 7.92. The summed E-state index contributed by atoms with van der Waals surface area (Å²) in [6.07, 6.45) is 3.01. The van der Waals surface area contributed by atoms with Gasteiger partial charge in [0.2, 0.25) is 0 Å². The number of halogens is 1. The highest BCUT2D eigenvalue weighted by atomic mass is 35.5. The van der Waals surface area contributed by atoms with E-state index in [0.717, 1.165) is 48.9 Å². The molecule has 0 heterocycles. The van der Waals surface area contributed by atoms with Crippen LogP contribution in [0.15, 0.2) is 53.5 Å². The van der Waals surface area contributed by atoms with Gasteiger partial charge in [-0.2, -0.15) is 0 Å². The van der Waals surface area contributed by atoms with E-state index in [2.05, 4.69) is 26.6 Å². The lowest BCUT2D eigenvalue weighted by Crippen LogP contribution is -2.39. The van der Waals surface area contributed by atoms with Crippen molar-refractivity contribution < 1.29 is 9.53 Å². The summed E-state index contributed by atoms with van der Waals surface area (Å²) in [4.78, 5) is 18.1. The number of benzene rings is 2. The Kier molecular flexibility index (Phi) is 7.97. The quantitative estimate of drug-likeness (QED) is 0.475. The average Bonchev–Trinajstić information content (AvgIpc) is 3.54. The van der Waals surface area contributed by atoms with Crippen molar-refractivity contribution in [2.24, 2.45) is 4.99 Å². The number of hydrogen-bond donors (Lipinski definition) is 2. The van der Waals surface area contributed by atoms with Crippen molar-refractivity contribution in [1.29, 1.82) is 0 Å². The second-order valence-electron chi connectivity index (χ2n) is 7.48. The summed E-state index contributed by atoms with van der Waals surface area (Å²) in [6, 6.07) is 16.0. The molecule has 6 nitrogen and oxygen atoms in total. The number of ether oxygens (including phenoxy) is 1. The zero-order valence-corrected chi connectivity index (χ0v) is 18.3. The Hall–Kier alpha value is -2.73. The summed E-state index contributed by atoms with van der Waals surface area (Å²) >= 11 is 6.07. The molecule has 2 aromatic carbocycles. The number of carbonyl (C=O) groups is 1. The Bertz CT molecular complexity index is 866. The maximum atomic E-state index is 11.7. The molecule has 1 saturated carbocycles. The molecule has 30 heavy (non-hydrogen) atoms. The lowest BCUT2D eigenvalue weighted by Gasteiger charge is -2.22. The fraction of sp³-hybridized carbons (Fsp3) is 0.391. The lowest BCUT2D eigenvalue weighted by atomic mass is 10.1. The Morgan fingerprint density at radius 3 is 2.63 bits per heavy atom. The SMILES string of the molecule is CN=C(NCCc1ccc(OCC(=O)NC2CC2)cc1)N(C)Cc1cccc(Cl)c1. The first-order valence-corrected chi connectivity index (χ1v) is 10.6. The summed E-state index contributed by atoms with van der Waals surface area (Å²) in [7, 11) is 3.78. The topological polar surface area (TPSA) is 66.0 Å². The van der Waals surface area contributed by atoms with Crippen LogP contribution >= 0.6 is 11.6 Å². The number of aliphatic imine (C=N–C) groups is 1. The fourth-order valence-electron chi connectivity index (χ4n) is 3.09. The van der Waals surface area contributed by atoms with Crippen LogP contribution in [-0.4, -0.2) is 50.1 Å². The summed E-state index contributed by atoms with van der Waals surface area (Å²) in [5, 5.41) is 7.04. The summed E-state index contributed by atoms with van der Waals surface area (Å²) in [6.45, 7) is 1.55. The number of hydrogen-bond acceptors (Lipinski definition) is 3. The Balaban J connectivity index is 1.40. The van der Waals surface area contributed by atoms with Crippen LogP contribution in [0.4, 0.5) is 0 Å². The van der Waals surface area contributed by atoms with E-state index in [0.29, 0.717) is 11.8 Å². The van der Waals surface area contributed by atoms with Crippen LogP contribution in [0.25, 0.3) is 0 Å². The van der Waals surface area contributed by atoms with Crippen molar-refractivity contribution in [2.75, 3.05) is 27.2 Å². The molecule has 160 valence electrons. The number of nitrogens with one attached hydrogen (secondary N) is 2. The van der Waals surface area contributed by atoms with Gasteiger partial charge in [0.1, 0.15) is 5.75 Å². The molecule has 0 radical (unpaired) electrons. The van der Waals surface area contributed by atoms with E-state index in [1.807, 2.05) is 49.5 Å². The normalized spacial score (nSPS) is 13.6. The Morgan fingerprint density at radius 2 is 1.97 bits per heavy atom. The van der Waals surface area contributed by atoms with Gasteiger partial charge in [-0.15, -0.1) is 0 Å². The van der Waals surface area contributed by atoms with Crippen molar-refractivity contribution in [3.8, 4) is 5.75 Å². The van der Waals surface area contributed by atoms with Gasteiger partial charge in [0, 0.05) is 38.2 Å². The molecule has 0 unspecified atom stereocenters. The molecule has 1 aliphatic rings. The summed E-state index contributed by atoms with van der Waals surface area (Å²) < 4.78 is 5.55. The molecule has 0 atom stereocenters. The molecule has 0 bridgehead atoms. The molecule has 3 rings (SSSR count). The van der Waals surface area contributed by atoms with Crippen LogP contribution in [0.2, 0.25) is 5.02 Å². The standard InChI is InChI=1S/C23H29ClN4O2/c1-25-23(28(2)15-18-4-3-5-19(24)14-18)26-13-12-17-6-10-21(11-7-17)30-16-22(29)27-20-8-9-20/h3-7,10-11,14,20H,8-9,12-13,15-16H2,1-2H3,(H,25,26)(H,27,29). The highest BCUT2D eigenvalue weighted by Gasteiger charge is 2.23. The van der Waals surface area contributed by atoms with Crippen molar-refractivity contribution in [3.63, 3.8) is 0 Å². The fourth-order valence-corrected chi connectivity index (χ4v) is 3.30. The van der Waals surface area contributed by atoms with Gasteiger partial charge >= 0.3 is 0 Å². The van der Waals surface area contributed by atoms with Crippen LogP contribution in [0, 0.1) is 0 Å². The third-order valence-corrected chi connectivity index (χ3v) is 5.05. The first kappa shape index (κ1) is 22.0. The molecule has 0 aromatic heterocycles. The summed E-state index contributed by atoms with van der Waals surface area (Å²) in [5.74, 6) is 1.48. The number of rotatable bonds is 9. The molecule has 0 spiro atoms. The number of guanidine groups is 1. The number of carbonyl (C=O) groups excluding carboxylic acids is 1. The highest BCUT2D eigenvalue weighted by Crippen LogP contribution is 2.18. The third kappa shape index (κ3) is 7.26. The van der Waals surface area contributed by atoms with E-state index in [-0.39, 0.29) is 12.5 Å². The number of nitrogens with zero attached hydrogens (tertiary/aromatic N) is 2. The monoisotopic (exact) mass is 428 g/mol. The lowest BCUT2D eigenvalue weighted by molar-refractivity contribution is -0.123. The Morgan fingerprint density at radius 1 is 1.20 bits per heavy atom. The van der Waals surface area contributed by atoms with E-state index in [1.165, 1.54) is 5.56 Å². The van der Waals surface area contributed by atoms with Gasteiger partial charge in [0.05, 0.1) is 0 Å². The molecule has 1 fully saturated rings. The maximum absolute atomic E-state index is 11.7. The van der Waals surface area contributed by atoms with Crippen LogP contribution in [0.3, 0.4) is 0 Å². The van der Waals surface area contributed by atoms with Crippen molar-refractivity contribution in [1.82, 2.24) is 15.5 Å². The van der Waals surface area contributed by atoms with Crippen molar-refractivity contribution >= 4 is 23.5 Å². The first-order valence-electron chi connectivity index (χ1n) is 10.2. The third-order valence-electron chi connectivity index (χ3n) is 4.81. The van der Waals surface area contributed by atoms with Crippen LogP contribution in [0.5, 0.6) is 5.75 Å². The van der Waals surface area contributed by atoms with Crippen LogP contribution < -0.4 is 15.4 Å². The van der Waals surface area contributed by atoms with Gasteiger partial charge in [-0.3, -0.25) is 9.79 Å². The van der Waals surface area contributed by atoms with Crippen molar-refractivity contribution in [3.05, 3.63) is 64.7 Å².